The van der Waals surface area contributed by atoms with Crippen LogP contribution < -0.4 is 5.32 Å². The van der Waals surface area contributed by atoms with E-state index in [-0.39, 0.29) is 11.5 Å². The number of nitrogens with zero attached hydrogens (tertiary/aromatic N) is 1. The van der Waals surface area contributed by atoms with Crippen molar-refractivity contribution in [2.75, 3.05) is 19.6 Å². The fourth-order valence-corrected chi connectivity index (χ4v) is 3.21. The summed E-state index contributed by atoms with van der Waals surface area (Å²) >= 11 is 0. The highest BCUT2D eigenvalue weighted by molar-refractivity contribution is 5.67. The maximum absolute atomic E-state index is 11.1. The Kier molecular flexibility index (Phi) is 3.10. The summed E-state index contributed by atoms with van der Waals surface area (Å²) in [6.07, 6.45) is 2.53. The minimum atomic E-state index is -0.741. The number of carboxylic acid groups (broad SMARTS) is 1. The smallest absolute Gasteiger partial charge is 0.407 e. The SMILES string of the molecule is CC(C)CC1N(C(=O)O)CC12CCNCC2. The van der Waals surface area contributed by atoms with Crippen molar-refractivity contribution < 1.29 is 9.90 Å². The molecule has 4 heteroatoms. The van der Waals surface area contributed by atoms with E-state index in [0.29, 0.717) is 5.92 Å². The number of likely N-dealkylation sites (tertiary alicyclic amines) is 1. The molecule has 0 aliphatic carbocycles. The molecule has 0 aromatic rings. The Balaban J connectivity index is 2.06. The molecule has 1 atom stereocenters. The zero-order valence-corrected chi connectivity index (χ0v) is 10.2. The van der Waals surface area contributed by atoms with Crippen molar-refractivity contribution in [3.63, 3.8) is 0 Å². The molecule has 1 amide bonds. The first-order chi connectivity index (χ1) is 7.55. The van der Waals surface area contributed by atoms with Gasteiger partial charge in [0.2, 0.25) is 0 Å². The molecule has 2 aliphatic rings. The Bertz CT molecular complexity index is 272. The van der Waals surface area contributed by atoms with E-state index in [4.69, 9.17) is 5.11 Å². The van der Waals surface area contributed by atoms with Gasteiger partial charge in [0.05, 0.1) is 0 Å². The van der Waals surface area contributed by atoms with Crippen molar-refractivity contribution in [3.8, 4) is 0 Å². The van der Waals surface area contributed by atoms with E-state index in [1.54, 1.807) is 4.90 Å². The molecule has 1 unspecified atom stereocenters. The first-order valence-electron chi connectivity index (χ1n) is 6.25. The van der Waals surface area contributed by atoms with E-state index in [1.807, 2.05) is 0 Å². The van der Waals surface area contributed by atoms with Gasteiger partial charge in [-0.1, -0.05) is 13.8 Å². The molecular weight excluding hydrogens is 204 g/mol. The minimum absolute atomic E-state index is 0.257. The van der Waals surface area contributed by atoms with Crippen LogP contribution in [0.3, 0.4) is 0 Å². The normalized spacial score (nSPS) is 28.2. The second-order valence-electron chi connectivity index (χ2n) is 5.67. The highest BCUT2D eigenvalue weighted by Crippen LogP contribution is 2.47. The summed E-state index contributed by atoms with van der Waals surface area (Å²) in [4.78, 5) is 12.8. The lowest BCUT2D eigenvalue weighted by Gasteiger charge is -2.58. The van der Waals surface area contributed by atoms with Crippen molar-refractivity contribution in [2.45, 2.75) is 39.2 Å². The molecule has 4 nitrogen and oxygen atoms in total. The lowest BCUT2D eigenvalue weighted by molar-refractivity contribution is -0.0826. The van der Waals surface area contributed by atoms with Crippen LogP contribution in [0.15, 0.2) is 0 Å². The fourth-order valence-electron chi connectivity index (χ4n) is 3.21. The van der Waals surface area contributed by atoms with Crippen LogP contribution in [-0.4, -0.2) is 41.8 Å². The van der Waals surface area contributed by atoms with Crippen LogP contribution >= 0.6 is 0 Å². The van der Waals surface area contributed by atoms with Gasteiger partial charge in [0, 0.05) is 18.0 Å². The first-order valence-corrected chi connectivity index (χ1v) is 6.25. The number of nitrogens with one attached hydrogen (secondary N) is 1. The third-order valence-electron chi connectivity index (χ3n) is 4.11. The molecule has 92 valence electrons. The van der Waals surface area contributed by atoms with Crippen LogP contribution in [0.1, 0.15) is 33.1 Å². The lowest BCUT2D eigenvalue weighted by atomic mass is 9.63. The van der Waals surface area contributed by atoms with E-state index in [9.17, 15) is 4.79 Å². The number of hydrogen-bond donors (Lipinski definition) is 2. The highest BCUT2D eigenvalue weighted by Gasteiger charge is 2.54. The predicted octanol–water partition coefficient (Wildman–Crippen LogP) is 1.76. The minimum Gasteiger partial charge on any atom is -0.465 e. The van der Waals surface area contributed by atoms with E-state index >= 15 is 0 Å². The van der Waals surface area contributed by atoms with Crippen molar-refractivity contribution in [1.29, 1.82) is 0 Å². The summed E-state index contributed by atoms with van der Waals surface area (Å²) in [6, 6.07) is 0.257. The third-order valence-corrected chi connectivity index (χ3v) is 4.11. The topological polar surface area (TPSA) is 52.6 Å². The van der Waals surface area contributed by atoms with Crippen LogP contribution in [0.5, 0.6) is 0 Å². The average molecular weight is 226 g/mol. The Morgan fingerprint density at radius 3 is 2.62 bits per heavy atom. The summed E-state index contributed by atoms with van der Waals surface area (Å²) in [5.41, 5.74) is 0.286. The molecule has 2 saturated heterocycles. The summed E-state index contributed by atoms with van der Waals surface area (Å²) in [6.45, 7) is 7.19. The molecule has 2 N–H and O–H groups in total. The molecule has 0 aromatic heterocycles. The number of piperidine rings is 1. The van der Waals surface area contributed by atoms with Gasteiger partial charge in [-0.25, -0.2) is 4.79 Å². The Hall–Kier alpha value is -0.770. The van der Waals surface area contributed by atoms with E-state index < -0.39 is 6.09 Å². The molecule has 0 saturated carbocycles. The zero-order valence-electron chi connectivity index (χ0n) is 10.2. The number of hydrogen-bond acceptors (Lipinski definition) is 2. The van der Waals surface area contributed by atoms with E-state index in [1.165, 1.54) is 0 Å². The van der Waals surface area contributed by atoms with Crippen molar-refractivity contribution in [3.05, 3.63) is 0 Å². The molecule has 0 bridgehead atoms. The van der Waals surface area contributed by atoms with Crippen molar-refractivity contribution in [1.82, 2.24) is 10.2 Å². The van der Waals surface area contributed by atoms with Gasteiger partial charge in [0.25, 0.3) is 0 Å². The summed E-state index contributed by atoms with van der Waals surface area (Å²) < 4.78 is 0. The molecule has 0 aromatic carbocycles. The molecule has 2 fully saturated rings. The maximum atomic E-state index is 11.1. The van der Waals surface area contributed by atoms with Crippen molar-refractivity contribution in [2.24, 2.45) is 11.3 Å². The Morgan fingerprint density at radius 1 is 1.50 bits per heavy atom. The average Bonchev–Trinajstić information content (AvgIpc) is 2.24. The van der Waals surface area contributed by atoms with Gasteiger partial charge in [-0.05, 0) is 38.3 Å². The zero-order chi connectivity index (χ0) is 11.8. The fraction of sp³-hybridized carbons (Fsp3) is 0.917. The molecular formula is C12H22N2O2. The molecule has 0 radical (unpaired) electrons. The van der Waals surface area contributed by atoms with Gasteiger partial charge in [0.15, 0.2) is 0 Å². The summed E-state index contributed by atoms with van der Waals surface area (Å²) in [7, 11) is 0. The van der Waals surface area contributed by atoms with Gasteiger partial charge >= 0.3 is 6.09 Å². The molecule has 2 aliphatic heterocycles. The van der Waals surface area contributed by atoms with Crippen LogP contribution in [0.2, 0.25) is 0 Å². The standard InChI is InChI=1S/C12H22N2O2/c1-9(2)7-10-12(3-5-13-6-4-12)8-14(10)11(15)16/h9-10,13H,3-8H2,1-2H3,(H,15,16). The summed E-state index contributed by atoms with van der Waals surface area (Å²) in [5, 5.41) is 12.5. The number of amides is 1. The second-order valence-corrected chi connectivity index (χ2v) is 5.67. The van der Waals surface area contributed by atoms with Crippen LogP contribution in [0.25, 0.3) is 0 Å². The Labute approximate surface area is 97.0 Å². The van der Waals surface area contributed by atoms with Gasteiger partial charge < -0.3 is 15.3 Å². The van der Waals surface area contributed by atoms with Crippen LogP contribution in [-0.2, 0) is 0 Å². The molecule has 16 heavy (non-hydrogen) atoms. The monoisotopic (exact) mass is 226 g/mol. The van der Waals surface area contributed by atoms with Gasteiger partial charge in [0.1, 0.15) is 0 Å². The highest BCUT2D eigenvalue weighted by atomic mass is 16.4. The number of rotatable bonds is 2. The Morgan fingerprint density at radius 2 is 2.12 bits per heavy atom. The maximum Gasteiger partial charge on any atom is 0.407 e. The van der Waals surface area contributed by atoms with Crippen LogP contribution in [0, 0.1) is 11.3 Å². The quantitative estimate of drug-likeness (QED) is 0.754. The second kappa shape index (κ2) is 4.24. The van der Waals surface area contributed by atoms with E-state index in [0.717, 1.165) is 38.9 Å². The molecule has 2 heterocycles. The van der Waals surface area contributed by atoms with Gasteiger partial charge in [-0.2, -0.15) is 0 Å². The predicted molar refractivity (Wildman–Crippen MR) is 62.5 cm³/mol. The van der Waals surface area contributed by atoms with E-state index in [2.05, 4.69) is 19.2 Å². The van der Waals surface area contributed by atoms with Crippen LogP contribution in [0.4, 0.5) is 4.79 Å². The van der Waals surface area contributed by atoms with Gasteiger partial charge in [-0.3, -0.25) is 0 Å². The largest absolute Gasteiger partial charge is 0.465 e. The van der Waals surface area contributed by atoms with Crippen molar-refractivity contribution >= 4 is 6.09 Å². The first kappa shape index (κ1) is 11.7. The van der Waals surface area contributed by atoms with Gasteiger partial charge in [-0.15, -0.1) is 0 Å². The summed E-state index contributed by atoms with van der Waals surface area (Å²) in [5.74, 6) is 0.568. The number of carbonyl (C=O) groups is 1. The lowest BCUT2D eigenvalue weighted by Crippen LogP contribution is -2.68. The molecule has 1 spiro atoms. The third kappa shape index (κ3) is 1.90. The molecule has 2 rings (SSSR count).